The molecule has 0 radical (unpaired) electrons. The normalized spacial score (nSPS) is 10.5. The quantitative estimate of drug-likeness (QED) is 0.591. The van der Waals surface area contributed by atoms with Gasteiger partial charge in [0.05, 0.1) is 6.33 Å². The molecule has 0 aliphatic carbocycles. The number of imidazole rings is 1. The van der Waals surface area contributed by atoms with Gasteiger partial charge in [-0.25, -0.2) is 9.97 Å². The number of rotatable bonds is 3. The maximum absolute atomic E-state index is 12.1. The minimum absolute atomic E-state index is 0.165. The number of H-pyrrole nitrogens is 1. The third kappa shape index (κ3) is 2.89. The van der Waals surface area contributed by atoms with Gasteiger partial charge in [-0.2, -0.15) is 0 Å². The second kappa shape index (κ2) is 5.56. The lowest BCUT2D eigenvalue weighted by Crippen LogP contribution is -2.12. The molecule has 0 atom stereocenters. The first-order valence-electron chi connectivity index (χ1n) is 5.95. The largest absolute Gasteiger partial charge is 0.442 e. The number of benzene rings is 1. The summed E-state index contributed by atoms with van der Waals surface area (Å²) < 4.78 is 6.27. The monoisotopic (exact) mass is 395 g/mol. The number of nitrogens with one attached hydrogen (secondary N) is 2. The van der Waals surface area contributed by atoms with Gasteiger partial charge in [0.2, 0.25) is 5.89 Å². The molecule has 0 fully saturated rings. The highest BCUT2D eigenvalue weighted by molar-refractivity contribution is 14.1. The number of aromatic nitrogens is 3. The zero-order valence-corrected chi connectivity index (χ0v) is 12.8. The molecule has 0 aliphatic heterocycles. The van der Waals surface area contributed by atoms with Gasteiger partial charge in [-0.3, -0.25) is 4.79 Å². The molecule has 2 heterocycles. The van der Waals surface area contributed by atoms with E-state index in [0.29, 0.717) is 11.4 Å². The van der Waals surface area contributed by atoms with Crippen molar-refractivity contribution in [2.24, 2.45) is 0 Å². The molecule has 3 aromatic rings. The fraction of sp³-hybridized carbons (Fsp3) is 0. The number of nitrogen functional groups attached to an aromatic ring is 1. The summed E-state index contributed by atoms with van der Waals surface area (Å²) in [6.07, 6.45) is 2.71. The number of amides is 1. The number of oxazole rings is 1. The van der Waals surface area contributed by atoms with Crippen LogP contribution >= 0.6 is 22.6 Å². The van der Waals surface area contributed by atoms with E-state index in [0.717, 1.165) is 3.57 Å². The van der Waals surface area contributed by atoms with E-state index < -0.39 is 0 Å². The molecule has 21 heavy (non-hydrogen) atoms. The molecule has 2 aromatic heterocycles. The molecule has 0 bridgehead atoms. The van der Waals surface area contributed by atoms with Gasteiger partial charge in [0.15, 0.2) is 11.5 Å². The molecule has 4 N–H and O–H groups in total. The Morgan fingerprint density at radius 3 is 3.00 bits per heavy atom. The summed E-state index contributed by atoms with van der Waals surface area (Å²) in [7, 11) is 0. The predicted octanol–water partition coefficient (Wildman–Crippen LogP) is 2.50. The highest BCUT2D eigenvalue weighted by Gasteiger charge is 2.16. The molecule has 7 nitrogen and oxygen atoms in total. The van der Waals surface area contributed by atoms with Gasteiger partial charge in [0, 0.05) is 9.26 Å². The fourth-order valence-electron chi connectivity index (χ4n) is 1.73. The van der Waals surface area contributed by atoms with Crippen LogP contribution in [-0.4, -0.2) is 20.9 Å². The van der Waals surface area contributed by atoms with Crippen molar-refractivity contribution in [1.82, 2.24) is 15.0 Å². The van der Waals surface area contributed by atoms with Crippen LogP contribution in [0.5, 0.6) is 0 Å². The summed E-state index contributed by atoms with van der Waals surface area (Å²) in [5.41, 5.74) is 6.96. The molecule has 0 aliphatic rings. The number of nitrogens with two attached hydrogens (primary N) is 1. The zero-order valence-electron chi connectivity index (χ0n) is 10.6. The first-order chi connectivity index (χ1) is 10.1. The standard InChI is InChI=1S/C13H10IN5O2/c14-7-2-1-3-8(4-7)18-12(20)9-5-21-13(19-9)10-11(15)17-6-16-10/h1-6H,15H2,(H,16,17)(H,18,20). The van der Waals surface area contributed by atoms with Gasteiger partial charge < -0.3 is 20.5 Å². The Hall–Kier alpha value is -2.36. The summed E-state index contributed by atoms with van der Waals surface area (Å²) in [4.78, 5) is 22.9. The number of anilines is 2. The Labute approximate surface area is 133 Å². The van der Waals surface area contributed by atoms with E-state index in [2.05, 4.69) is 42.9 Å². The Kier molecular flexibility index (Phi) is 3.60. The van der Waals surface area contributed by atoms with Gasteiger partial charge in [-0.15, -0.1) is 0 Å². The van der Waals surface area contributed by atoms with E-state index in [4.69, 9.17) is 10.2 Å². The third-order valence-electron chi connectivity index (χ3n) is 2.70. The number of halogens is 1. The van der Waals surface area contributed by atoms with Crippen molar-refractivity contribution in [3.05, 3.63) is 46.1 Å². The van der Waals surface area contributed by atoms with Crippen LogP contribution in [0.15, 0.2) is 41.3 Å². The van der Waals surface area contributed by atoms with E-state index in [9.17, 15) is 4.79 Å². The summed E-state index contributed by atoms with van der Waals surface area (Å²) in [6, 6.07) is 7.45. The van der Waals surface area contributed by atoms with E-state index in [1.165, 1.54) is 12.6 Å². The molecule has 106 valence electrons. The summed E-state index contributed by atoms with van der Waals surface area (Å²) >= 11 is 2.17. The number of nitrogens with zero attached hydrogens (tertiary/aromatic N) is 2. The van der Waals surface area contributed by atoms with E-state index >= 15 is 0 Å². The van der Waals surface area contributed by atoms with Crippen LogP contribution in [0.3, 0.4) is 0 Å². The van der Waals surface area contributed by atoms with E-state index in [1.807, 2.05) is 18.2 Å². The van der Waals surface area contributed by atoms with E-state index in [-0.39, 0.29) is 23.3 Å². The molecule has 1 aromatic carbocycles. The highest BCUT2D eigenvalue weighted by atomic mass is 127. The molecule has 3 rings (SSSR count). The van der Waals surface area contributed by atoms with Crippen molar-refractivity contribution in [3.8, 4) is 11.6 Å². The summed E-state index contributed by atoms with van der Waals surface area (Å²) in [5, 5.41) is 2.75. The number of hydrogen-bond acceptors (Lipinski definition) is 5. The van der Waals surface area contributed by atoms with Crippen molar-refractivity contribution in [3.63, 3.8) is 0 Å². The molecule has 0 saturated carbocycles. The smallest absolute Gasteiger partial charge is 0.277 e. The Bertz CT molecular complexity index is 795. The first-order valence-corrected chi connectivity index (χ1v) is 7.03. The summed E-state index contributed by atoms with van der Waals surface area (Å²) in [6.45, 7) is 0. The number of carbonyl (C=O) groups excluding carboxylic acids is 1. The topological polar surface area (TPSA) is 110 Å². The second-order valence-corrected chi connectivity index (χ2v) is 5.41. The third-order valence-corrected chi connectivity index (χ3v) is 3.37. The van der Waals surface area contributed by atoms with Crippen LogP contribution in [0.2, 0.25) is 0 Å². The van der Waals surface area contributed by atoms with E-state index in [1.54, 1.807) is 6.07 Å². The van der Waals surface area contributed by atoms with Crippen molar-refractivity contribution in [1.29, 1.82) is 0 Å². The zero-order chi connectivity index (χ0) is 14.8. The molecule has 0 unspecified atom stereocenters. The minimum Gasteiger partial charge on any atom is -0.442 e. The highest BCUT2D eigenvalue weighted by Crippen LogP contribution is 2.21. The van der Waals surface area contributed by atoms with Crippen molar-refractivity contribution < 1.29 is 9.21 Å². The van der Waals surface area contributed by atoms with Gasteiger partial charge in [0.1, 0.15) is 12.0 Å². The average Bonchev–Trinajstić information content (AvgIpc) is 3.07. The maximum atomic E-state index is 12.1. The number of carbonyl (C=O) groups is 1. The predicted molar refractivity (Wildman–Crippen MR) is 85.6 cm³/mol. The number of aromatic amines is 1. The van der Waals surface area contributed by atoms with Crippen molar-refractivity contribution in [2.45, 2.75) is 0 Å². The first kappa shape index (κ1) is 13.6. The van der Waals surface area contributed by atoms with Crippen LogP contribution in [0, 0.1) is 3.57 Å². The van der Waals surface area contributed by atoms with Gasteiger partial charge in [0.25, 0.3) is 5.91 Å². The van der Waals surface area contributed by atoms with Gasteiger partial charge >= 0.3 is 0 Å². The van der Waals surface area contributed by atoms with Crippen LogP contribution in [0.25, 0.3) is 11.6 Å². The fourth-order valence-corrected chi connectivity index (χ4v) is 2.27. The molecule has 0 spiro atoms. The Balaban J connectivity index is 1.80. The molecular weight excluding hydrogens is 385 g/mol. The lowest BCUT2D eigenvalue weighted by molar-refractivity contribution is 0.102. The lowest BCUT2D eigenvalue weighted by atomic mass is 10.3. The van der Waals surface area contributed by atoms with Crippen LogP contribution in [0.4, 0.5) is 11.5 Å². The summed E-state index contributed by atoms with van der Waals surface area (Å²) in [5.74, 6) is 0.129. The van der Waals surface area contributed by atoms with Crippen LogP contribution in [-0.2, 0) is 0 Å². The van der Waals surface area contributed by atoms with Gasteiger partial charge in [-0.05, 0) is 40.8 Å². The molecular formula is C13H10IN5O2. The number of hydrogen-bond donors (Lipinski definition) is 3. The van der Waals surface area contributed by atoms with Crippen molar-refractivity contribution >= 4 is 40.0 Å². The Morgan fingerprint density at radius 2 is 2.29 bits per heavy atom. The maximum Gasteiger partial charge on any atom is 0.277 e. The minimum atomic E-state index is -0.356. The van der Waals surface area contributed by atoms with Crippen molar-refractivity contribution in [2.75, 3.05) is 11.1 Å². The van der Waals surface area contributed by atoms with Gasteiger partial charge in [-0.1, -0.05) is 6.07 Å². The van der Waals surface area contributed by atoms with Crippen LogP contribution in [0.1, 0.15) is 10.5 Å². The average molecular weight is 395 g/mol. The SMILES string of the molecule is Nc1nc[nH]c1-c1nc(C(=O)Nc2cccc(I)c2)co1. The van der Waals surface area contributed by atoms with Crippen LogP contribution < -0.4 is 11.1 Å². The molecule has 1 amide bonds. The second-order valence-electron chi connectivity index (χ2n) is 4.17. The Morgan fingerprint density at radius 1 is 1.43 bits per heavy atom. The molecule has 8 heteroatoms. The molecule has 0 saturated heterocycles. The lowest BCUT2D eigenvalue weighted by Gasteiger charge is -2.02.